The van der Waals surface area contributed by atoms with Crippen LogP contribution in [0.15, 0.2) is 24.5 Å². The standard InChI is InChI=1S/C14H19NO4/c1-3-7-14(12(16)17,13(18)19-4-2)10-11-5-8-15-9-6-11/h5-6,8-9H,3-4,7,10H2,1-2H3,(H,16,17). The highest BCUT2D eigenvalue weighted by Crippen LogP contribution is 2.31. The van der Waals surface area contributed by atoms with Crippen molar-refractivity contribution in [3.63, 3.8) is 0 Å². The van der Waals surface area contributed by atoms with Gasteiger partial charge in [-0.3, -0.25) is 14.6 Å². The van der Waals surface area contributed by atoms with Gasteiger partial charge < -0.3 is 9.84 Å². The Hall–Kier alpha value is -1.91. The molecule has 1 N–H and O–H groups in total. The lowest BCUT2D eigenvalue weighted by molar-refractivity contribution is -0.169. The molecule has 0 aliphatic rings. The lowest BCUT2D eigenvalue weighted by Crippen LogP contribution is -2.42. The predicted molar refractivity (Wildman–Crippen MR) is 69.6 cm³/mol. The zero-order chi connectivity index (χ0) is 14.3. The molecule has 0 aliphatic carbocycles. The first-order chi connectivity index (χ1) is 9.06. The highest BCUT2D eigenvalue weighted by Gasteiger charge is 2.46. The molecular formula is C14H19NO4. The second-order valence-electron chi connectivity index (χ2n) is 4.39. The molecule has 0 radical (unpaired) electrons. The average molecular weight is 265 g/mol. The third-order valence-corrected chi connectivity index (χ3v) is 3.01. The number of nitrogens with zero attached hydrogens (tertiary/aromatic N) is 1. The molecule has 0 fully saturated rings. The van der Waals surface area contributed by atoms with Crippen molar-refractivity contribution >= 4 is 11.9 Å². The lowest BCUT2D eigenvalue weighted by atomic mass is 9.78. The zero-order valence-electron chi connectivity index (χ0n) is 11.3. The van der Waals surface area contributed by atoms with E-state index in [4.69, 9.17) is 4.74 Å². The van der Waals surface area contributed by atoms with E-state index in [2.05, 4.69) is 4.98 Å². The van der Waals surface area contributed by atoms with Crippen LogP contribution in [0, 0.1) is 5.41 Å². The first kappa shape index (κ1) is 15.1. The van der Waals surface area contributed by atoms with E-state index >= 15 is 0 Å². The third-order valence-electron chi connectivity index (χ3n) is 3.01. The monoisotopic (exact) mass is 265 g/mol. The van der Waals surface area contributed by atoms with Gasteiger partial charge in [-0.05, 0) is 37.5 Å². The van der Waals surface area contributed by atoms with Crippen LogP contribution in [0.1, 0.15) is 32.3 Å². The minimum Gasteiger partial charge on any atom is -0.480 e. The summed E-state index contributed by atoms with van der Waals surface area (Å²) in [5.74, 6) is -1.80. The summed E-state index contributed by atoms with van der Waals surface area (Å²) >= 11 is 0. The summed E-state index contributed by atoms with van der Waals surface area (Å²) < 4.78 is 4.96. The van der Waals surface area contributed by atoms with E-state index in [9.17, 15) is 14.7 Å². The Bertz CT molecular complexity index is 432. The number of carboxylic acids is 1. The smallest absolute Gasteiger partial charge is 0.323 e. The maximum Gasteiger partial charge on any atom is 0.323 e. The van der Waals surface area contributed by atoms with Crippen LogP contribution in [0.3, 0.4) is 0 Å². The second kappa shape index (κ2) is 6.87. The number of hydrogen-bond acceptors (Lipinski definition) is 4. The second-order valence-corrected chi connectivity index (χ2v) is 4.39. The van der Waals surface area contributed by atoms with E-state index < -0.39 is 17.4 Å². The van der Waals surface area contributed by atoms with Crippen LogP contribution in [-0.2, 0) is 20.7 Å². The van der Waals surface area contributed by atoms with Crippen molar-refractivity contribution in [3.05, 3.63) is 30.1 Å². The molecule has 0 aromatic carbocycles. The highest BCUT2D eigenvalue weighted by atomic mass is 16.5. The van der Waals surface area contributed by atoms with Gasteiger partial charge in [-0.15, -0.1) is 0 Å². The number of esters is 1. The molecule has 19 heavy (non-hydrogen) atoms. The lowest BCUT2D eigenvalue weighted by Gasteiger charge is -2.26. The summed E-state index contributed by atoms with van der Waals surface area (Å²) in [6.07, 6.45) is 4.13. The van der Waals surface area contributed by atoms with Gasteiger partial charge in [0.05, 0.1) is 6.61 Å². The molecule has 1 aromatic heterocycles. The molecule has 0 saturated carbocycles. The van der Waals surface area contributed by atoms with Crippen LogP contribution in [-0.4, -0.2) is 28.6 Å². The van der Waals surface area contributed by atoms with Crippen LogP contribution >= 0.6 is 0 Å². The molecule has 0 aliphatic heterocycles. The molecule has 0 saturated heterocycles. The molecule has 1 aromatic rings. The van der Waals surface area contributed by atoms with Gasteiger partial charge in [0.15, 0.2) is 5.41 Å². The summed E-state index contributed by atoms with van der Waals surface area (Å²) in [5, 5.41) is 9.50. The minimum atomic E-state index is -1.51. The first-order valence-electron chi connectivity index (χ1n) is 6.36. The Balaban J connectivity index is 3.09. The van der Waals surface area contributed by atoms with E-state index in [1.54, 1.807) is 31.5 Å². The highest BCUT2D eigenvalue weighted by molar-refractivity contribution is 5.99. The van der Waals surface area contributed by atoms with Crippen LogP contribution in [0.2, 0.25) is 0 Å². The Morgan fingerprint density at radius 1 is 1.32 bits per heavy atom. The number of hydrogen-bond donors (Lipinski definition) is 1. The Morgan fingerprint density at radius 2 is 1.95 bits per heavy atom. The maximum atomic E-state index is 12.1. The molecule has 1 heterocycles. The number of carbonyl (C=O) groups excluding carboxylic acids is 1. The maximum absolute atomic E-state index is 12.1. The molecule has 1 unspecified atom stereocenters. The fraction of sp³-hybridized carbons (Fsp3) is 0.500. The molecular weight excluding hydrogens is 246 g/mol. The molecule has 0 bridgehead atoms. The number of carboxylic acid groups (broad SMARTS) is 1. The van der Waals surface area contributed by atoms with Gasteiger partial charge in [0.25, 0.3) is 0 Å². The Labute approximate surface area is 112 Å². The SMILES string of the molecule is CCCC(Cc1ccncc1)(C(=O)O)C(=O)OCC. The van der Waals surface area contributed by atoms with Crippen molar-refractivity contribution in [1.82, 2.24) is 4.98 Å². The number of pyridine rings is 1. The van der Waals surface area contributed by atoms with Crippen LogP contribution in [0.25, 0.3) is 0 Å². The summed E-state index contributed by atoms with van der Waals surface area (Å²) in [7, 11) is 0. The van der Waals surface area contributed by atoms with Crippen LogP contribution in [0.5, 0.6) is 0 Å². The average Bonchev–Trinajstić information content (AvgIpc) is 2.39. The molecule has 0 spiro atoms. The van der Waals surface area contributed by atoms with Crippen molar-refractivity contribution in [3.8, 4) is 0 Å². The van der Waals surface area contributed by atoms with E-state index in [1.807, 2.05) is 6.92 Å². The van der Waals surface area contributed by atoms with Crippen LogP contribution < -0.4 is 0 Å². The van der Waals surface area contributed by atoms with Crippen LogP contribution in [0.4, 0.5) is 0 Å². The summed E-state index contributed by atoms with van der Waals surface area (Å²) in [4.78, 5) is 27.6. The number of carbonyl (C=O) groups is 2. The van der Waals surface area contributed by atoms with Gasteiger partial charge in [0, 0.05) is 12.4 Å². The molecule has 1 atom stereocenters. The summed E-state index contributed by atoms with van der Waals surface area (Å²) in [6, 6.07) is 3.43. The topological polar surface area (TPSA) is 76.5 Å². The Morgan fingerprint density at radius 3 is 2.42 bits per heavy atom. The molecule has 1 rings (SSSR count). The van der Waals surface area contributed by atoms with E-state index in [-0.39, 0.29) is 19.4 Å². The van der Waals surface area contributed by atoms with Crippen molar-refractivity contribution in [2.24, 2.45) is 5.41 Å². The number of rotatable bonds is 7. The van der Waals surface area contributed by atoms with E-state index in [0.29, 0.717) is 6.42 Å². The molecule has 0 amide bonds. The van der Waals surface area contributed by atoms with Crippen molar-refractivity contribution < 1.29 is 19.4 Å². The zero-order valence-corrected chi connectivity index (χ0v) is 11.3. The number of ether oxygens (including phenoxy) is 1. The first-order valence-corrected chi connectivity index (χ1v) is 6.36. The summed E-state index contributed by atoms with van der Waals surface area (Å²) in [6.45, 7) is 3.69. The van der Waals surface area contributed by atoms with E-state index in [0.717, 1.165) is 5.56 Å². The van der Waals surface area contributed by atoms with Gasteiger partial charge in [0.1, 0.15) is 0 Å². The van der Waals surface area contributed by atoms with Crippen molar-refractivity contribution in [2.45, 2.75) is 33.1 Å². The number of aliphatic carboxylic acids is 1. The van der Waals surface area contributed by atoms with E-state index in [1.165, 1.54) is 0 Å². The van der Waals surface area contributed by atoms with Crippen molar-refractivity contribution in [2.75, 3.05) is 6.61 Å². The molecule has 5 nitrogen and oxygen atoms in total. The fourth-order valence-corrected chi connectivity index (χ4v) is 2.08. The minimum absolute atomic E-state index is 0.123. The largest absolute Gasteiger partial charge is 0.480 e. The molecule has 104 valence electrons. The predicted octanol–water partition coefficient (Wildman–Crippen LogP) is 2.06. The molecule has 5 heteroatoms. The van der Waals surface area contributed by atoms with Gasteiger partial charge in [0.2, 0.25) is 0 Å². The number of aromatic nitrogens is 1. The van der Waals surface area contributed by atoms with Gasteiger partial charge >= 0.3 is 11.9 Å². The Kier molecular flexibility index (Phi) is 5.48. The van der Waals surface area contributed by atoms with Crippen molar-refractivity contribution in [1.29, 1.82) is 0 Å². The quantitative estimate of drug-likeness (QED) is 0.603. The van der Waals surface area contributed by atoms with Gasteiger partial charge in [-0.2, -0.15) is 0 Å². The normalized spacial score (nSPS) is 13.6. The fourth-order valence-electron chi connectivity index (χ4n) is 2.08. The summed E-state index contributed by atoms with van der Waals surface area (Å²) in [5.41, 5.74) is -0.745. The third kappa shape index (κ3) is 3.53. The van der Waals surface area contributed by atoms with Gasteiger partial charge in [-0.1, -0.05) is 13.3 Å². The van der Waals surface area contributed by atoms with Gasteiger partial charge in [-0.25, -0.2) is 0 Å².